The summed E-state index contributed by atoms with van der Waals surface area (Å²) in [5.74, 6) is 1.39. The smallest absolute Gasteiger partial charge is 0.191 e. The first-order chi connectivity index (χ1) is 12.6. The summed E-state index contributed by atoms with van der Waals surface area (Å²) >= 11 is 13.5. The van der Waals surface area contributed by atoms with E-state index in [0.717, 1.165) is 15.7 Å². The summed E-state index contributed by atoms with van der Waals surface area (Å²) in [5, 5.41) is 10.00. The maximum absolute atomic E-state index is 13.2. The Morgan fingerprint density at radius 3 is 2.65 bits per heavy atom. The number of hydrogen-bond donors (Lipinski definition) is 0. The molecule has 0 unspecified atom stereocenters. The van der Waals surface area contributed by atoms with Crippen LogP contribution in [0.1, 0.15) is 18.3 Å². The third-order valence-electron chi connectivity index (χ3n) is 3.68. The van der Waals surface area contributed by atoms with Gasteiger partial charge in [-0.15, -0.1) is 10.2 Å². The molecule has 0 N–H and O–H groups in total. The van der Waals surface area contributed by atoms with Gasteiger partial charge in [-0.1, -0.05) is 53.2 Å². The van der Waals surface area contributed by atoms with E-state index in [0.29, 0.717) is 23.9 Å². The number of aromatic nitrogens is 3. The molecule has 1 aromatic heterocycles. The molecule has 0 spiro atoms. The number of rotatable bonds is 7. The van der Waals surface area contributed by atoms with Gasteiger partial charge in [-0.25, -0.2) is 4.39 Å². The van der Waals surface area contributed by atoms with Gasteiger partial charge >= 0.3 is 0 Å². The Labute approximate surface area is 165 Å². The number of ether oxygens (including phenoxy) is 1. The molecule has 26 heavy (non-hydrogen) atoms. The van der Waals surface area contributed by atoms with Gasteiger partial charge in [-0.2, -0.15) is 0 Å². The molecule has 0 aliphatic heterocycles. The van der Waals surface area contributed by atoms with Gasteiger partial charge in [0, 0.05) is 23.4 Å². The van der Waals surface area contributed by atoms with Crippen molar-refractivity contribution in [1.82, 2.24) is 14.8 Å². The van der Waals surface area contributed by atoms with E-state index in [1.165, 1.54) is 18.2 Å². The van der Waals surface area contributed by atoms with Gasteiger partial charge in [0.05, 0.1) is 5.02 Å². The fourth-order valence-corrected chi connectivity index (χ4v) is 3.80. The summed E-state index contributed by atoms with van der Waals surface area (Å²) in [4.78, 5) is 0. The first-order valence-electron chi connectivity index (χ1n) is 7.94. The monoisotopic (exact) mass is 411 g/mol. The molecular weight excluding hydrogens is 396 g/mol. The van der Waals surface area contributed by atoms with Crippen LogP contribution in [0.5, 0.6) is 5.75 Å². The predicted octanol–water partition coefficient (Wildman–Crippen LogP) is 5.62. The Balaban J connectivity index is 1.67. The second kappa shape index (κ2) is 8.75. The molecule has 0 saturated carbocycles. The van der Waals surface area contributed by atoms with Crippen LogP contribution in [0.3, 0.4) is 0 Å². The third-order valence-corrected chi connectivity index (χ3v) is 5.36. The zero-order valence-electron chi connectivity index (χ0n) is 14.0. The molecule has 0 radical (unpaired) electrons. The van der Waals surface area contributed by atoms with Crippen molar-refractivity contribution >= 4 is 35.0 Å². The summed E-state index contributed by atoms with van der Waals surface area (Å²) < 4.78 is 20.9. The van der Waals surface area contributed by atoms with Gasteiger partial charge < -0.3 is 9.30 Å². The van der Waals surface area contributed by atoms with E-state index >= 15 is 0 Å². The molecule has 0 fully saturated rings. The van der Waals surface area contributed by atoms with Gasteiger partial charge in [0.15, 0.2) is 11.0 Å². The second-order valence-corrected chi connectivity index (χ2v) is 7.14. The van der Waals surface area contributed by atoms with E-state index in [-0.39, 0.29) is 11.6 Å². The molecule has 3 aromatic rings. The Kier molecular flexibility index (Phi) is 6.40. The fraction of sp³-hybridized carbons (Fsp3) is 0.222. The van der Waals surface area contributed by atoms with Crippen molar-refractivity contribution in [3.05, 3.63) is 69.7 Å². The lowest BCUT2D eigenvalue weighted by Crippen LogP contribution is -2.07. The summed E-state index contributed by atoms with van der Waals surface area (Å²) in [7, 11) is 0. The highest BCUT2D eigenvalue weighted by molar-refractivity contribution is 7.98. The lowest BCUT2D eigenvalue weighted by Gasteiger charge is -2.09. The zero-order valence-corrected chi connectivity index (χ0v) is 16.3. The Morgan fingerprint density at radius 1 is 1.12 bits per heavy atom. The Morgan fingerprint density at radius 2 is 1.92 bits per heavy atom. The van der Waals surface area contributed by atoms with Crippen LogP contribution < -0.4 is 4.74 Å². The number of benzene rings is 2. The summed E-state index contributed by atoms with van der Waals surface area (Å²) in [5.41, 5.74) is 1.04. The normalized spacial score (nSPS) is 10.9. The Bertz CT molecular complexity index is 904. The van der Waals surface area contributed by atoms with Gasteiger partial charge in [-0.3, -0.25) is 0 Å². The van der Waals surface area contributed by atoms with Gasteiger partial charge in [0.1, 0.15) is 18.2 Å². The molecule has 1 heterocycles. The van der Waals surface area contributed by atoms with Crippen LogP contribution in [-0.4, -0.2) is 14.8 Å². The third kappa shape index (κ3) is 4.50. The molecule has 8 heteroatoms. The fourth-order valence-electron chi connectivity index (χ4n) is 2.32. The van der Waals surface area contributed by atoms with Crippen molar-refractivity contribution in [2.45, 2.75) is 31.0 Å². The minimum atomic E-state index is -0.478. The molecule has 3 rings (SSSR count). The van der Waals surface area contributed by atoms with Crippen LogP contribution in [-0.2, 0) is 18.9 Å². The van der Waals surface area contributed by atoms with Crippen molar-refractivity contribution in [3.8, 4) is 5.75 Å². The lowest BCUT2D eigenvalue weighted by molar-refractivity contribution is 0.288. The first kappa shape index (κ1) is 19.0. The van der Waals surface area contributed by atoms with Gasteiger partial charge in [0.2, 0.25) is 0 Å². The molecule has 0 aliphatic rings. The van der Waals surface area contributed by atoms with Crippen molar-refractivity contribution in [3.63, 3.8) is 0 Å². The zero-order chi connectivity index (χ0) is 18.5. The maximum Gasteiger partial charge on any atom is 0.191 e. The highest BCUT2D eigenvalue weighted by Gasteiger charge is 2.13. The number of halogens is 3. The molecule has 4 nitrogen and oxygen atoms in total. The van der Waals surface area contributed by atoms with E-state index in [2.05, 4.69) is 10.2 Å². The summed E-state index contributed by atoms with van der Waals surface area (Å²) in [6.45, 7) is 2.94. The number of nitrogens with zero attached hydrogens (tertiary/aromatic N) is 3. The van der Waals surface area contributed by atoms with Gasteiger partial charge in [0.25, 0.3) is 0 Å². The average molecular weight is 412 g/mol. The van der Waals surface area contributed by atoms with Crippen LogP contribution in [0.25, 0.3) is 0 Å². The molecule has 0 amide bonds. The number of thioether (sulfide) groups is 1. The second-order valence-electron chi connectivity index (χ2n) is 5.39. The van der Waals surface area contributed by atoms with E-state index in [1.54, 1.807) is 11.8 Å². The van der Waals surface area contributed by atoms with E-state index in [4.69, 9.17) is 27.9 Å². The molecule has 0 atom stereocenters. The molecule has 136 valence electrons. The lowest BCUT2D eigenvalue weighted by atomic mass is 10.2. The quantitative estimate of drug-likeness (QED) is 0.473. The number of hydrogen-bond acceptors (Lipinski definition) is 4. The minimum absolute atomic E-state index is 0.0236. The minimum Gasteiger partial charge on any atom is -0.486 e. The Hall–Kier alpha value is -1.76. The van der Waals surface area contributed by atoms with Crippen molar-refractivity contribution in [1.29, 1.82) is 0 Å². The summed E-state index contributed by atoms with van der Waals surface area (Å²) in [6, 6.07) is 12.0. The van der Waals surface area contributed by atoms with Crippen molar-refractivity contribution < 1.29 is 9.13 Å². The molecular formula is C18H16Cl2FN3OS. The SMILES string of the molecule is CCn1c(COc2ccc(F)c(Cl)c2)nnc1SCc1ccccc1Cl. The van der Waals surface area contributed by atoms with Crippen LogP contribution in [0, 0.1) is 5.82 Å². The average Bonchev–Trinajstić information content (AvgIpc) is 3.04. The van der Waals surface area contributed by atoms with Crippen molar-refractivity contribution in [2.75, 3.05) is 0 Å². The van der Waals surface area contributed by atoms with Crippen LogP contribution in [0.4, 0.5) is 4.39 Å². The van der Waals surface area contributed by atoms with Crippen LogP contribution >= 0.6 is 35.0 Å². The maximum atomic E-state index is 13.2. The molecule has 2 aromatic carbocycles. The van der Waals surface area contributed by atoms with E-state index in [9.17, 15) is 4.39 Å². The molecule has 0 aliphatic carbocycles. The largest absolute Gasteiger partial charge is 0.486 e. The van der Waals surface area contributed by atoms with Crippen molar-refractivity contribution in [2.24, 2.45) is 0 Å². The highest BCUT2D eigenvalue weighted by Crippen LogP contribution is 2.27. The summed E-state index contributed by atoms with van der Waals surface area (Å²) in [6.07, 6.45) is 0. The first-order valence-corrected chi connectivity index (χ1v) is 9.68. The standard InChI is InChI=1S/C18H16Cl2FN3OS/c1-2-24-17(10-25-13-7-8-16(21)15(20)9-13)22-23-18(24)26-11-12-5-3-4-6-14(12)19/h3-9H,2,10-11H2,1H3. The van der Waals surface area contributed by atoms with Gasteiger partial charge in [-0.05, 0) is 30.7 Å². The van der Waals surface area contributed by atoms with E-state index in [1.807, 2.05) is 35.8 Å². The topological polar surface area (TPSA) is 39.9 Å². The van der Waals surface area contributed by atoms with Crippen LogP contribution in [0.2, 0.25) is 10.0 Å². The molecule has 0 saturated heterocycles. The molecule has 0 bridgehead atoms. The highest BCUT2D eigenvalue weighted by atomic mass is 35.5. The van der Waals surface area contributed by atoms with E-state index < -0.39 is 5.82 Å². The van der Waals surface area contributed by atoms with Crippen LogP contribution in [0.15, 0.2) is 47.6 Å². The predicted molar refractivity (Wildman–Crippen MR) is 102 cm³/mol.